The van der Waals surface area contributed by atoms with E-state index in [0.29, 0.717) is 54.1 Å². The van der Waals surface area contributed by atoms with Crippen LogP contribution < -0.4 is 16.0 Å². The molecule has 3 N–H and O–H groups in total. The molecule has 0 spiro atoms. The number of ether oxygens (including phenoxy) is 1. The summed E-state index contributed by atoms with van der Waals surface area (Å²) >= 11 is 0. The maximum Gasteiger partial charge on any atom is 0.407 e. The molecule has 0 aliphatic heterocycles. The second-order valence-corrected chi connectivity index (χ2v) is 11.7. The van der Waals surface area contributed by atoms with E-state index in [2.05, 4.69) is 27.0 Å². The van der Waals surface area contributed by atoms with E-state index in [9.17, 15) is 24.0 Å². The molecule has 11 heteroatoms. The van der Waals surface area contributed by atoms with Crippen molar-refractivity contribution in [3.63, 3.8) is 0 Å². The van der Waals surface area contributed by atoms with Crippen molar-refractivity contribution in [1.29, 1.82) is 5.26 Å². The first-order valence-electron chi connectivity index (χ1n) is 14.9. The number of rotatable bonds is 13. The third-order valence-electron chi connectivity index (χ3n) is 6.91. The number of anilines is 1. The van der Waals surface area contributed by atoms with Gasteiger partial charge in [0.25, 0.3) is 5.91 Å². The Morgan fingerprint density at radius 1 is 1.04 bits per heavy atom. The molecule has 0 saturated heterocycles. The predicted molar refractivity (Wildman–Crippen MR) is 171 cm³/mol. The van der Waals surface area contributed by atoms with Crippen molar-refractivity contribution in [3.05, 3.63) is 83.2 Å². The number of hydrogen-bond acceptors (Lipinski definition) is 7. The Hall–Kier alpha value is -4.98. The summed E-state index contributed by atoms with van der Waals surface area (Å²) in [6, 6.07) is 18.6. The quantitative estimate of drug-likeness (QED) is 0.222. The summed E-state index contributed by atoms with van der Waals surface area (Å²) < 4.78 is 18.8. The zero-order valence-electron chi connectivity index (χ0n) is 26.4. The van der Waals surface area contributed by atoms with E-state index in [4.69, 9.17) is 4.74 Å². The van der Waals surface area contributed by atoms with E-state index >= 15 is 0 Å². The Bertz CT molecular complexity index is 1530. The molecule has 0 aliphatic carbocycles. The van der Waals surface area contributed by atoms with Crippen LogP contribution in [0.4, 0.5) is 15.0 Å². The van der Waals surface area contributed by atoms with Gasteiger partial charge in [0.05, 0.1) is 22.9 Å². The fraction of sp³-hybridized carbons (Fsp3) is 0.382. The van der Waals surface area contributed by atoms with Crippen molar-refractivity contribution < 1.29 is 23.5 Å². The second kappa shape index (κ2) is 16.2. The Labute approximate surface area is 264 Å². The van der Waals surface area contributed by atoms with Crippen LogP contribution >= 0.6 is 0 Å². The fourth-order valence-electron chi connectivity index (χ4n) is 4.39. The van der Waals surface area contributed by atoms with E-state index in [1.165, 1.54) is 12.1 Å². The average Bonchev–Trinajstić information content (AvgIpc) is 3.00. The minimum Gasteiger partial charge on any atom is -0.444 e. The minimum absolute atomic E-state index is 0.121. The number of carbonyl (C=O) groups excluding carboxylic acids is 3. The first kappa shape index (κ1) is 34.5. The molecule has 1 atom stereocenters. The molecule has 238 valence electrons. The highest BCUT2D eigenvalue weighted by atomic mass is 19.1. The zero-order chi connectivity index (χ0) is 33.0. The number of nitriles is 1. The molecule has 3 amide bonds. The highest BCUT2D eigenvalue weighted by Gasteiger charge is 2.20. The van der Waals surface area contributed by atoms with Gasteiger partial charge in [-0.2, -0.15) is 5.26 Å². The van der Waals surface area contributed by atoms with E-state index in [-0.39, 0.29) is 36.6 Å². The number of benzene rings is 2. The SMILES string of the molecule is C[C@H](CNC(=O)c1ccc(-c2ccccc2C#N)nc1NCCc1cccc(F)c1)N(C)C(=O)CCCNC(=O)OC(C)(C)C. The van der Waals surface area contributed by atoms with Crippen LogP contribution in [0.1, 0.15) is 62.0 Å². The highest BCUT2D eigenvalue weighted by Crippen LogP contribution is 2.25. The lowest BCUT2D eigenvalue weighted by molar-refractivity contribution is -0.131. The van der Waals surface area contributed by atoms with Gasteiger partial charge in [-0.05, 0) is 76.4 Å². The van der Waals surface area contributed by atoms with Gasteiger partial charge in [-0.1, -0.05) is 30.3 Å². The monoisotopic (exact) mass is 616 g/mol. The topological polar surface area (TPSA) is 136 Å². The predicted octanol–water partition coefficient (Wildman–Crippen LogP) is 5.30. The molecule has 0 radical (unpaired) electrons. The summed E-state index contributed by atoms with van der Waals surface area (Å²) in [5, 5.41) is 18.3. The number of halogens is 1. The number of carbonyl (C=O) groups is 3. The lowest BCUT2D eigenvalue weighted by atomic mass is 10.0. The molecule has 45 heavy (non-hydrogen) atoms. The second-order valence-electron chi connectivity index (χ2n) is 11.7. The summed E-state index contributed by atoms with van der Waals surface area (Å²) in [5.41, 5.74) is 2.10. The van der Waals surface area contributed by atoms with Crippen LogP contribution in [0.2, 0.25) is 0 Å². The van der Waals surface area contributed by atoms with Gasteiger partial charge in [0.2, 0.25) is 5.91 Å². The van der Waals surface area contributed by atoms with Gasteiger partial charge in [0.15, 0.2) is 0 Å². The van der Waals surface area contributed by atoms with Crippen LogP contribution in [-0.4, -0.2) is 66.1 Å². The van der Waals surface area contributed by atoms with Crippen LogP contribution in [0.5, 0.6) is 0 Å². The molecule has 1 heterocycles. The first-order valence-corrected chi connectivity index (χ1v) is 14.9. The van der Waals surface area contributed by atoms with Crippen LogP contribution in [-0.2, 0) is 16.0 Å². The summed E-state index contributed by atoms with van der Waals surface area (Å²) in [6.07, 6.45) is 0.633. The Morgan fingerprint density at radius 2 is 1.80 bits per heavy atom. The fourth-order valence-corrected chi connectivity index (χ4v) is 4.39. The Kier molecular flexibility index (Phi) is 12.4. The maximum absolute atomic E-state index is 13.7. The van der Waals surface area contributed by atoms with Crippen molar-refractivity contribution in [2.24, 2.45) is 0 Å². The van der Waals surface area contributed by atoms with Crippen molar-refractivity contribution in [2.45, 2.75) is 58.6 Å². The largest absolute Gasteiger partial charge is 0.444 e. The highest BCUT2D eigenvalue weighted by molar-refractivity contribution is 5.99. The van der Waals surface area contributed by atoms with E-state index in [1.807, 2.05) is 19.1 Å². The number of nitrogens with zero attached hydrogens (tertiary/aromatic N) is 3. The molecule has 3 aromatic rings. The molecule has 0 fully saturated rings. The molecule has 0 aliphatic rings. The number of aromatic nitrogens is 1. The third kappa shape index (κ3) is 10.9. The number of likely N-dealkylation sites (N-methyl/N-ethyl adjacent to an activating group) is 1. The number of hydrogen-bond donors (Lipinski definition) is 3. The molecule has 0 unspecified atom stereocenters. The van der Waals surface area contributed by atoms with E-state index < -0.39 is 11.7 Å². The smallest absolute Gasteiger partial charge is 0.407 e. The number of nitrogens with one attached hydrogen (secondary N) is 3. The van der Waals surface area contributed by atoms with Crippen molar-refractivity contribution in [3.8, 4) is 17.3 Å². The van der Waals surface area contributed by atoms with Gasteiger partial charge in [-0.3, -0.25) is 9.59 Å². The lowest BCUT2D eigenvalue weighted by Crippen LogP contribution is -2.43. The summed E-state index contributed by atoms with van der Waals surface area (Å²) in [4.78, 5) is 44.1. The summed E-state index contributed by atoms with van der Waals surface area (Å²) in [7, 11) is 1.67. The molecule has 2 aromatic carbocycles. The van der Waals surface area contributed by atoms with Crippen molar-refractivity contribution in [2.75, 3.05) is 32.0 Å². The normalized spacial score (nSPS) is 11.6. The Morgan fingerprint density at radius 3 is 2.51 bits per heavy atom. The molecule has 1 aromatic heterocycles. The van der Waals surface area contributed by atoms with Gasteiger partial charge in [0, 0.05) is 44.7 Å². The zero-order valence-corrected chi connectivity index (χ0v) is 26.4. The molecular formula is C34H41FN6O4. The lowest BCUT2D eigenvalue weighted by Gasteiger charge is -2.25. The Balaban J connectivity index is 1.63. The van der Waals surface area contributed by atoms with Crippen LogP contribution in [0, 0.1) is 17.1 Å². The molecule has 10 nitrogen and oxygen atoms in total. The summed E-state index contributed by atoms with van der Waals surface area (Å²) in [6.45, 7) is 8.04. The molecular weight excluding hydrogens is 575 g/mol. The van der Waals surface area contributed by atoms with Crippen LogP contribution in [0.3, 0.4) is 0 Å². The van der Waals surface area contributed by atoms with Crippen LogP contribution in [0.25, 0.3) is 11.3 Å². The number of pyridine rings is 1. The van der Waals surface area contributed by atoms with E-state index in [0.717, 1.165) is 5.56 Å². The van der Waals surface area contributed by atoms with Gasteiger partial charge < -0.3 is 25.6 Å². The molecule has 3 rings (SSSR count). The summed E-state index contributed by atoms with van der Waals surface area (Å²) in [5.74, 6) is -0.505. The van der Waals surface area contributed by atoms with E-state index in [1.54, 1.807) is 69.1 Å². The third-order valence-corrected chi connectivity index (χ3v) is 6.91. The average molecular weight is 617 g/mol. The van der Waals surface area contributed by atoms with Gasteiger partial charge in [0.1, 0.15) is 17.2 Å². The number of amides is 3. The van der Waals surface area contributed by atoms with Gasteiger partial charge in [-0.15, -0.1) is 0 Å². The van der Waals surface area contributed by atoms with Crippen molar-refractivity contribution >= 4 is 23.7 Å². The molecule has 0 bridgehead atoms. The van der Waals surface area contributed by atoms with Gasteiger partial charge >= 0.3 is 6.09 Å². The first-order chi connectivity index (χ1) is 21.4. The van der Waals surface area contributed by atoms with Crippen molar-refractivity contribution in [1.82, 2.24) is 20.5 Å². The number of alkyl carbamates (subject to hydrolysis) is 1. The molecule has 0 saturated carbocycles. The standard InChI is InChI=1S/C34H41FN6O4/c1-23(41(5)30(42)14-9-18-38-33(44)45-34(2,3)4)22-39-32(43)28-15-16-29(27-13-7-6-11-25(27)21-36)40-31(28)37-19-17-24-10-8-12-26(35)20-24/h6-8,10-13,15-16,20,23H,9,14,17-19,22H2,1-5H3,(H,37,40)(H,38,44)(H,39,43)/t23-/m1/s1. The van der Waals surface area contributed by atoms with Crippen LogP contribution in [0.15, 0.2) is 60.7 Å². The minimum atomic E-state index is -0.597. The maximum atomic E-state index is 13.7. The van der Waals surface area contributed by atoms with Gasteiger partial charge in [-0.25, -0.2) is 14.2 Å².